The molecule has 0 aromatic heterocycles. The molecule has 0 spiro atoms. The second-order valence-electron chi connectivity index (χ2n) is 5.33. The van der Waals surface area contributed by atoms with E-state index in [0.29, 0.717) is 18.0 Å². The van der Waals surface area contributed by atoms with E-state index in [2.05, 4.69) is 20.9 Å². The van der Waals surface area contributed by atoms with Gasteiger partial charge in [0.05, 0.1) is 7.11 Å². The smallest absolute Gasteiger partial charge is 0.363 e. The average Bonchev–Trinajstić information content (AvgIpc) is 2.95. The number of nitrogens with zero attached hydrogens (tertiary/aromatic N) is 1. The minimum Gasteiger partial charge on any atom is -0.497 e. The normalized spacial score (nSPS) is 15.3. The highest BCUT2D eigenvalue weighted by Gasteiger charge is 2.22. The van der Waals surface area contributed by atoms with Crippen molar-refractivity contribution in [3.05, 3.63) is 69.8 Å². The van der Waals surface area contributed by atoms with Crippen molar-refractivity contribution in [1.82, 2.24) is 0 Å². The number of halogens is 1. The zero-order valence-corrected chi connectivity index (χ0v) is 14.7. The van der Waals surface area contributed by atoms with Crippen LogP contribution in [0.2, 0.25) is 0 Å². The minimum absolute atomic E-state index is 0.331. The van der Waals surface area contributed by atoms with Gasteiger partial charge < -0.3 is 9.47 Å². The second-order valence-corrected chi connectivity index (χ2v) is 6.24. The first-order valence-corrected chi connectivity index (χ1v) is 8.33. The number of hydrogen-bond donors (Lipinski definition) is 0. The van der Waals surface area contributed by atoms with Gasteiger partial charge in [-0.2, -0.15) is 0 Å². The van der Waals surface area contributed by atoms with Gasteiger partial charge in [-0.15, -0.1) is 0 Å². The molecule has 1 aliphatic heterocycles. The monoisotopic (exact) mass is 385 g/mol. The zero-order chi connectivity index (χ0) is 16.9. The molecule has 0 saturated heterocycles. The summed E-state index contributed by atoms with van der Waals surface area (Å²) in [5.41, 5.74) is 2.35. The van der Waals surface area contributed by atoms with E-state index in [1.54, 1.807) is 13.2 Å². The van der Waals surface area contributed by atoms with E-state index >= 15 is 0 Å². The molecule has 5 heteroatoms. The van der Waals surface area contributed by atoms with E-state index in [4.69, 9.17) is 9.47 Å². The van der Waals surface area contributed by atoms with Gasteiger partial charge in [-0.3, -0.25) is 0 Å². The Kier molecular flexibility index (Phi) is 5.11. The molecule has 0 fully saturated rings. The molecule has 0 unspecified atom stereocenters. The lowest BCUT2D eigenvalue weighted by atomic mass is 10.1. The lowest BCUT2D eigenvalue weighted by molar-refractivity contribution is -0.130. The summed E-state index contributed by atoms with van der Waals surface area (Å²) in [7, 11) is 1.64. The van der Waals surface area contributed by atoms with Crippen molar-refractivity contribution < 1.29 is 14.3 Å². The summed E-state index contributed by atoms with van der Waals surface area (Å²) in [6.07, 6.45) is 3.03. The summed E-state index contributed by atoms with van der Waals surface area (Å²) < 4.78 is 11.4. The largest absolute Gasteiger partial charge is 0.497 e. The van der Waals surface area contributed by atoms with Crippen LogP contribution >= 0.6 is 15.9 Å². The van der Waals surface area contributed by atoms with Crippen LogP contribution < -0.4 is 4.74 Å². The van der Waals surface area contributed by atoms with E-state index in [1.807, 2.05) is 48.5 Å². The number of rotatable bonds is 5. The first-order valence-electron chi connectivity index (χ1n) is 7.54. The van der Waals surface area contributed by atoms with Crippen molar-refractivity contribution in [2.24, 2.45) is 4.99 Å². The van der Waals surface area contributed by atoms with Crippen LogP contribution in [0.25, 0.3) is 6.08 Å². The fourth-order valence-corrected chi connectivity index (χ4v) is 2.62. The van der Waals surface area contributed by atoms with Crippen molar-refractivity contribution in [1.29, 1.82) is 0 Å². The van der Waals surface area contributed by atoms with E-state index in [0.717, 1.165) is 27.8 Å². The summed E-state index contributed by atoms with van der Waals surface area (Å²) in [4.78, 5) is 16.2. The Bertz CT molecular complexity index is 810. The van der Waals surface area contributed by atoms with Gasteiger partial charge in [0, 0.05) is 10.9 Å². The van der Waals surface area contributed by atoms with E-state index in [9.17, 15) is 4.79 Å². The molecule has 0 atom stereocenters. The van der Waals surface area contributed by atoms with Gasteiger partial charge in [0.25, 0.3) is 0 Å². The molecule has 0 N–H and O–H groups in total. The van der Waals surface area contributed by atoms with Crippen LogP contribution in [0, 0.1) is 0 Å². The Morgan fingerprint density at radius 2 is 1.96 bits per heavy atom. The number of aryl methyl sites for hydroxylation is 1. The van der Waals surface area contributed by atoms with Crippen molar-refractivity contribution in [3.63, 3.8) is 0 Å². The predicted octanol–water partition coefficient (Wildman–Crippen LogP) is 4.39. The highest BCUT2D eigenvalue weighted by atomic mass is 79.9. The predicted molar refractivity (Wildman–Crippen MR) is 97.0 cm³/mol. The first-order chi connectivity index (χ1) is 11.6. The number of methoxy groups -OCH3 is 1. The average molecular weight is 386 g/mol. The maximum absolute atomic E-state index is 11.9. The van der Waals surface area contributed by atoms with Crippen LogP contribution in [0.3, 0.4) is 0 Å². The SMILES string of the molecule is COc1cccc(CCC2=N/C(=C/c3ccc(Br)cc3)C(=O)O2)c1. The maximum atomic E-state index is 11.9. The third kappa shape index (κ3) is 4.11. The molecule has 2 aromatic rings. The fourth-order valence-electron chi connectivity index (χ4n) is 2.36. The molecule has 1 aliphatic rings. The van der Waals surface area contributed by atoms with Gasteiger partial charge in [-0.25, -0.2) is 9.79 Å². The van der Waals surface area contributed by atoms with Gasteiger partial charge in [-0.1, -0.05) is 40.2 Å². The number of cyclic esters (lactones) is 1. The molecule has 3 rings (SSSR count). The van der Waals surface area contributed by atoms with Crippen LogP contribution in [0.1, 0.15) is 17.5 Å². The number of esters is 1. The third-order valence-electron chi connectivity index (χ3n) is 3.60. The number of hydrogen-bond acceptors (Lipinski definition) is 4. The highest BCUT2D eigenvalue weighted by molar-refractivity contribution is 9.10. The molecule has 1 heterocycles. The number of carbonyl (C=O) groups excluding carboxylic acids is 1. The van der Waals surface area contributed by atoms with Crippen molar-refractivity contribution in [2.75, 3.05) is 7.11 Å². The van der Waals surface area contributed by atoms with Gasteiger partial charge in [0.1, 0.15) is 5.75 Å². The van der Waals surface area contributed by atoms with Crippen molar-refractivity contribution >= 4 is 33.9 Å². The molecule has 24 heavy (non-hydrogen) atoms. The van der Waals surface area contributed by atoms with Crippen LogP contribution in [-0.2, 0) is 16.0 Å². The van der Waals surface area contributed by atoms with E-state index in [-0.39, 0.29) is 0 Å². The number of aliphatic imine (C=N–C) groups is 1. The van der Waals surface area contributed by atoms with Gasteiger partial charge in [-0.05, 0) is 47.9 Å². The second kappa shape index (κ2) is 7.45. The summed E-state index contributed by atoms with van der Waals surface area (Å²) in [6.45, 7) is 0. The molecule has 4 nitrogen and oxygen atoms in total. The molecular weight excluding hydrogens is 370 g/mol. The molecule has 122 valence electrons. The lowest BCUT2D eigenvalue weighted by Gasteiger charge is -2.03. The Morgan fingerprint density at radius 1 is 1.17 bits per heavy atom. The van der Waals surface area contributed by atoms with Crippen LogP contribution in [-0.4, -0.2) is 19.0 Å². The summed E-state index contributed by atoms with van der Waals surface area (Å²) in [5.74, 6) is 0.860. The van der Waals surface area contributed by atoms with E-state index in [1.165, 1.54) is 0 Å². The quantitative estimate of drug-likeness (QED) is 0.566. The van der Waals surface area contributed by atoms with Gasteiger partial charge in [0.2, 0.25) is 0 Å². The standard InChI is InChI=1S/C19H16BrNO3/c1-23-16-4-2-3-13(11-16)7-10-18-21-17(19(22)24-18)12-14-5-8-15(20)9-6-14/h2-6,8-9,11-12H,7,10H2,1H3/b17-12+. The maximum Gasteiger partial charge on any atom is 0.363 e. The number of benzene rings is 2. The van der Waals surface area contributed by atoms with Crippen molar-refractivity contribution in [3.8, 4) is 5.75 Å². The number of carbonyl (C=O) groups is 1. The van der Waals surface area contributed by atoms with Crippen molar-refractivity contribution in [2.45, 2.75) is 12.8 Å². The molecule has 0 saturated carbocycles. The number of ether oxygens (including phenoxy) is 2. The highest BCUT2D eigenvalue weighted by Crippen LogP contribution is 2.20. The van der Waals surface area contributed by atoms with Gasteiger partial charge >= 0.3 is 5.97 Å². The van der Waals surface area contributed by atoms with Crippen LogP contribution in [0.15, 0.2) is 63.7 Å². The Balaban J connectivity index is 1.68. The third-order valence-corrected chi connectivity index (χ3v) is 4.13. The van der Waals surface area contributed by atoms with Gasteiger partial charge in [0.15, 0.2) is 11.6 Å². The summed E-state index contributed by atoms with van der Waals surface area (Å²) in [6, 6.07) is 15.5. The Hall–Kier alpha value is -2.40. The molecule has 0 bridgehead atoms. The topological polar surface area (TPSA) is 47.9 Å². The molecule has 0 amide bonds. The van der Waals surface area contributed by atoms with E-state index < -0.39 is 5.97 Å². The first kappa shape index (κ1) is 16.5. The lowest BCUT2D eigenvalue weighted by Crippen LogP contribution is -2.05. The molecule has 0 radical (unpaired) electrons. The zero-order valence-electron chi connectivity index (χ0n) is 13.2. The Labute approximate surface area is 148 Å². The summed E-state index contributed by atoms with van der Waals surface area (Å²) >= 11 is 3.38. The Morgan fingerprint density at radius 3 is 2.71 bits per heavy atom. The molecule has 0 aliphatic carbocycles. The minimum atomic E-state index is -0.404. The molecular formula is C19H16BrNO3. The van der Waals surface area contributed by atoms with Crippen LogP contribution in [0.4, 0.5) is 0 Å². The molecule has 2 aromatic carbocycles. The summed E-state index contributed by atoms with van der Waals surface area (Å²) in [5, 5.41) is 0. The van der Waals surface area contributed by atoms with Crippen LogP contribution in [0.5, 0.6) is 5.75 Å². The fraction of sp³-hybridized carbons (Fsp3) is 0.158.